The fourth-order valence-electron chi connectivity index (χ4n) is 4.69. The van der Waals surface area contributed by atoms with Crippen molar-refractivity contribution in [3.63, 3.8) is 0 Å². The molecule has 226 valence electrons. The van der Waals surface area contributed by atoms with E-state index >= 15 is 0 Å². The highest BCUT2D eigenvalue weighted by Crippen LogP contribution is 2.40. The molecule has 5 atom stereocenters. The lowest BCUT2D eigenvalue weighted by Crippen LogP contribution is -2.29. The maximum absolute atomic E-state index is 12.0. The first-order valence-electron chi connectivity index (χ1n) is 13.5. The normalized spacial score (nSPS) is 21.5. The summed E-state index contributed by atoms with van der Waals surface area (Å²) < 4.78 is 39.1. The van der Waals surface area contributed by atoms with Gasteiger partial charge < -0.3 is 35.2 Å². The van der Waals surface area contributed by atoms with Crippen molar-refractivity contribution in [2.75, 3.05) is 36.6 Å². The minimum atomic E-state index is -3.49. The van der Waals surface area contributed by atoms with Gasteiger partial charge in [-0.2, -0.15) is 9.97 Å². The Morgan fingerprint density at radius 2 is 1.93 bits per heavy atom. The summed E-state index contributed by atoms with van der Waals surface area (Å²) in [6, 6.07) is 10.8. The quantitative estimate of drug-likeness (QED) is 0.122. The molecule has 0 spiro atoms. The number of sulfonamides is 1. The van der Waals surface area contributed by atoms with Crippen molar-refractivity contribution in [2.45, 2.75) is 50.3 Å². The second kappa shape index (κ2) is 12.7. The number of nitrogens with zero attached hydrogens (tertiary/aromatic N) is 5. The van der Waals surface area contributed by atoms with Crippen LogP contribution in [-0.2, 0) is 27.6 Å². The van der Waals surface area contributed by atoms with Gasteiger partial charge in [-0.25, -0.2) is 18.1 Å². The molecule has 1 saturated heterocycles. The fraction of sp³-hybridized carbons (Fsp3) is 0.462. The molecular weight excluding hydrogens is 568 g/mol. The summed E-state index contributed by atoms with van der Waals surface area (Å²) in [6.45, 7) is 1.72. The zero-order chi connectivity index (χ0) is 29.9. The summed E-state index contributed by atoms with van der Waals surface area (Å²) in [5.74, 6) is 0.421. The van der Waals surface area contributed by atoms with E-state index in [1.165, 1.54) is 17.9 Å². The van der Waals surface area contributed by atoms with Crippen LogP contribution < -0.4 is 15.4 Å². The van der Waals surface area contributed by atoms with Gasteiger partial charge in [0.15, 0.2) is 29.0 Å². The number of nitrogens with one attached hydrogen (secondary N) is 3. The van der Waals surface area contributed by atoms with Crippen LogP contribution in [-0.4, -0.2) is 92.6 Å². The van der Waals surface area contributed by atoms with Crippen LogP contribution in [0.3, 0.4) is 0 Å². The number of fused-ring (bicyclic) bond motifs is 1. The summed E-state index contributed by atoms with van der Waals surface area (Å²) >= 11 is 0. The van der Waals surface area contributed by atoms with Crippen LogP contribution in [0.2, 0.25) is 0 Å². The van der Waals surface area contributed by atoms with E-state index in [0.717, 1.165) is 5.56 Å². The predicted molar refractivity (Wildman–Crippen MR) is 152 cm³/mol. The summed E-state index contributed by atoms with van der Waals surface area (Å²) in [5.41, 5.74) is 2.20. The number of ether oxygens (including phenoxy) is 1. The van der Waals surface area contributed by atoms with Crippen molar-refractivity contribution in [1.29, 1.82) is 0 Å². The van der Waals surface area contributed by atoms with Crippen molar-refractivity contribution < 1.29 is 33.0 Å². The van der Waals surface area contributed by atoms with E-state index < -0.39 is 40.6 Å². The molecule has 3 aromatic heterocycles. The Balaban J connectivity index is 1.47. The molecule has 0 saturated carbocycles. The molecule has 1 aliphatic heterocycles. The highest BCUT2D eigenvalue weighted by Gasteiger charge is 2.47. The lowest BCUT2D eigenvalue weighted by atomic mass is 10.1. The molecule has 1 aliphatic rings. The molecule has 1 fully saturated rings. The molecule has 15 nitrogen and oxygen atoms in total. The molecule has 0 radical (unpaired) electrons. The maximum atomic E-state index is 12.0. The minimum Gasteiger partial charge on any atom is -0.394 e. The van der Waals surface area contributed by atoms with Crippen molar-refractivity contribution >= 4 is 33.0 Å². The molecule has 1 aromatic carbocycles. The summed E-state index contributed by atoms with van der Waals surface area (Å²) in [5, 5.41) is 41.9. The average Bonchev–Trinajstić information content (AvgIpc) is 3.71. The van der Waals surface area contributed by atoms with E-state index in [1.807, 2.05) is 37.3 Å². The third kappa shape index (κ3) is 6.38. The van der Waals surface area contributed by atoms with Crippen molar-refractivity contribution in [1.82, 2.24) is 29.4 Å². The topological polar surface area (TPSA) is 210 Å². The highest BCUT2D eigenvalue weighted by molar-refractivity contribution is 7.89. The van der Waals surface area contributed by atoms with Crippen LogP contribution in [0.4, 0.5) is 11.8 Å². The number of imidazole rings is 1. The smallest absolute Gasteiger partial charge is 0.227 e. The average molecular weight is 603 g/mol. The first kappa shape index (κ1) is 29.8. The van der Waals surface area contributed by atoms with E-state index in [1.54, 1.807) is 6.07 Å². The van der Waals surface area contributed by atoms with Gasteiger partial charge in [0.05, 0.1) is 30.4 Å². The van der Waals surface area contributed by atoms with Crippen LogP contribution in [0, 0.1) is 0 Å². The number of benzene rings is 1. The lowest BCUT2D eigenvalue weighted by Gasteiger charge is -2.19. The van der Waals surface area contributed by atoms with E-state index in [2.05, 4.69) is 35.5 Å². The molecule has 0 unspecified atom stereocenters. The Bertz CT molecular complexity index is 1600. The van der Waals surface area contributed by atoms with Gasteiger partial charge in [-0.3, -0.25) is 4.57 Å². The van der Waals surface area contributed by atoms with Gasteiger partial charge in [0, 0.05) is 12.6 Å². The molecule has 4 aromatic rings. The molecule has 0 aliphatic carbocycles. The van der Waals surface area contributed by atoms with Crippen molar-refractivity contribution in [3.8, 4) is 0 Å². The molecule has 16 heteroatoms. The van der Waals surface area contributed by atoms with Gasteiger partial charge in [-0.1, -0.05) is 42.4 Å². The number of hydrogen-bond donors (Lipinski definition) is 6. The van der Waals surface area contributed by atoms with Crippen LogP contribution >= 0.6 is 0 Å². The number of aliphatic hydroxyl groups excluding tert-OH is 3. The Morgan fingerprint density at radius 3 is 2.62 bits per heavy atom. The van der Waals surface area contributed by atoms with E-state index in [4.69, 9.17) is 9.26 Å². The largest absolute Gasteiger partial charge is 0.394 e. The molecular formula is C26H34N8O7S. The first-order chi connectivity index (χ1) is 20.2. The fourth-order valence-corrected chi connectivity index (χ4v) is 5.27. The molecule has 5 rings (SSSR count). The van der Waals surface area contributed by atoms with Gasteiger partial charge in [-0.05, 0) is 25.5 Å². The lowest BCUT2D eigenvalue weighted by molar-refractivity contribution is -0.0434. The van der Waals surface area contributed by atoms with Crippen LogP contribution in [0.1, 0.15) is 36.3 Å². The van der Waals surface area contributed by atoms with E-state index in [-0.39, 0.29) is 47.6 Å². The van der Waals surface area contributed by atoms with Crippen molar-refractivity contribution in [3.05, 3.63) is 59.7 Å². The third-order valence-electron chi connectivity index (χ3n) is 7.01. The molecule has 0 amide bonds. The standard InChI is InChI=1S/C26H34N8O7S/c1-3-16-12-18(41-33-16)22-20(36)21(37)25(40-22)34-14-29-19-23(28-9-10-42(38,39)27-2)31-26(32-24(19)34)30-17(13-35)11-15-7-5-4-6-8-15/h4-8,12,14,17,20-22,25,27,35-37H,3,9-11,13H2,1-2H3,(H2,28,30,31,32)/t17-,20-,21+,22+,25+/m0/s1. The van der Waals surface area contributed by atoms with Gasteiger partial charge in [-0.15, -0.1) is 0 Å². The zero-order valence-electron chi connectivity index (χ0n) is 23.1. The Hall–Kier alpha value is -3.67. The van der Waals surface area contributed by atoms with Crippen molar-refractivity contribution in [2.24, 2.45) is 0 Å². The zero-order valence-corrected chi connectivity index (χ0v) is 23.9. The monoisotopic (exact) mass is 602 g/mol. The highest BCUT2D eigenvalue weighted by atomic mass is 32.2. The summed E-state index contributed by atoms with van der Waals surface area (Å²) in [7, 11) is -2.16. The number of aromatic nitrogens is 5. The molecule has 0 bridgehead atoms. The van der Waals surface area contributed by atoms with Gasteiger partial charge in [0.1, 0.15) is 18.3 Å². The summed E-state index contributed by atoms with van der Waals surface area (Å²) in [6.07, 6.45) is -2.26. The Morgan fingerprint density at radius 1 is 1.14 bits per heavy atom. The number of aryl methyl sites for hydroxylation is 1. The number of rotatable bonds is 13. The maximum Gasteiger partial charge on any atom is 0.227 e. The Labute approximate surface area is 242 Å². The van der Waals surface area contributed by atoms with Gasteiger partial charge in [0.25, 0.3) is 0 Å². The van der Waals surface area contributed by atoms with Crippen LogP contribution in [0.25, 0.3) is 11.2 Å². The van der Waals surface area contributed by atoms with E-state index in [0.29, 0.717) is 18.5 Å². The van der Waals surface area contributed by atoms with Gasteiger partial charge in [0.2, 0.25) is 16.0 Å². The van der Waals surface area contributed by atoms with E-state index in [9.17, 15) is 23.7 Å². The number of aliphatic hydroxyl groups is 3. The second-order valence-electron chi connectivity index (χ2n) is 9.89. The first-order valence-corrected chi connectivity index (χ1v) is 15.2. The number of anilines is 2. The molecule has 6 N–H and O–H groups in total. The SMILES string of the molecule is CCc1cc([C@H]2O[C@@H](n3cnc4c(NCCS(=O)(=O)NC)nc(N[C@H](CO)Cc5ccccc5)nc43)[C@H](O)[C@@H]2O)on1. The second-order valence-corrected chi connectivity index (χ2v) is 11.9. The van der Waals surface area contributed by atoms with Gasteiger partial charge >= 0.3 is 0 Å². The molecule has 42 heavy (non-hydrogen) atoms. The summed E-state index contributed by atoms with van der Waals surface area (Å²) in [4.78, 5) is 13.5. The molecule has 4 heterocycles. The van der Waals surface area contributed by atoms with Crippen LogP contribution in [0.5, 0.6) is 0 Å². The number of hydrogen-bond acceptors (Lipinski definition) is 13. The third-order valence-corrected chi connectivity index (χ3v) is 8.37. The minimum absolute atomic E-state index is 0.0175. The predicted octanol–water partition coefficient (Wildman–Crippen LogP) is 0.345. The van der Waals surface area contributed by atoms with Crippen LogP contribution in [0.15, 0.2) is 47.2 Å². The Kier molecular flexibility index (Phi) is 9.00.